The van der Waals surface area contributed by atoms with Gasteiger partial charge in [-0.25, -0.2) is 0 Å². The highest BCUT2D eigenvalue weighted by molar-refractivity contribution is 5.69. The summed E-state index contributed by atoms with van der Waals surface area (Å²) < 4.78 is 0. The zero-order valence-corrected chi connectivity index (χ0v) is 13.3. The minimum Gasteiger partial charge on any atom is -0.480 e. The number of nitrogens with zero attached hydrogens (tertiary/aromatic N) is 1. The summed E-state index contributed by atoms with van der Waals surface area (Å²) in [6, 6.07) is 8.65. The summed E-state index contributed by atoms with van der Waals surface area (Å²) in [7, 11) is 0. The van der Waals surface area contributed by atoms with E-state index in [9.17, 15) is 4.79 Å². The fraction of sp³-hybridized carbons (Fsp3) is 0.588. The van der Waals surface area contributed by atoms with Gasteiger partial charge in [0.1, 0.15) is 0 Å². The Kier molecular flexibility index (Phi) is 6.21. The first-order valence-corrected chi connectivity index (χ1v) is 7.37. The molecule has 1 aromatic carbocycles. The molecular weight excluding hydrogens is 250 g/mol. The van der Waals surface area contributed by atoms with Crippen molar-refractivity contribution >= 4 is 5.97 Å². The lowest BCUT2D eigenvalue weighted by Gasteiger charge is -2.29. The molecule has 3 heteroatoms. The normalized spacial score (nSPS) is 13.2. The average molecular weight is 277 g/mol. The predicted octanol–water partition coefficient (Wildman–Crippen LogP) is 3.91. The maximum absolute atomic E-state index is 11.0. The van der Waals surface area contributed by atoms with Crippen LogP contribution >= 0.6 is 0 Å². The summed E-state index contributed by atoms with van der Waals surface area (Å²) >= 11 is 0. The van der Waals surface area contributed by atoms with Gasteiger partial charge in [0.15, 0.2) is 0 Å². The van der Waals surface area contributed by atoms with E-state index in [0.29, 0.717) is 11.8 Å². The molecule has 20 heavy (non-hydrogen) atoms. The first kappa shape index (κ1) is 16.7. The molecule has 1 unspecified atom stereocenters. The first-order valence-electron chi connectivity index (χ1n) is 7.37. The van der Waals surface area contributed by atoms with Crippen molar-refractivity contribution in [1.29, 1.82) is 0 Å². The van der Waals surface area contributed by atoms with Crippen molar-refractivity contribution in [2.75, 3.05) is 13.1 Å². The van der Waals surface area contributed by atoms with E-state index in [0.717, 1.165) is 6.54 Å². The average Bonchev–Trinajstić information content (AvgIpc) is 2.36. The van der Waals surface area contributed by atoms with Crippen LogP contribution in [0.25, 0.3) is 0 Å². The minimum absolute atomic E-state index is 0.0886. The van der Waals surface area contributed by atoms with Crippen LogP contribution in [-0.4, -0.2) is 29.1 Å². The van der Waals surface area contributed by atoms with Crippen LogP contribution in [-0.2, 0) is 4.79 Å². The van der Waals surface area contributed by atoms with Crippen molar-refractivity contribution in [2.45, 2.75) is 46.6 Å². The highest BCUT2D eigenvalue weighted by Gasteiger charge is 2.19. The van der Waals surface area contributed by atoms with Gasteiger partial charge in [-0.2, -0.15) is 0 Å². The molecule has 0 saturated carbocycles. The number of hydrogen-bond donors (Lipinski definition) is 1. The van der Waals surface area contributed by atoms with Gasteiger partial charge < -0.3 is 5.11 Å². The van der Waals surface area contributed by atoms with Gasteiger partial charge in [-0.05, 0) is 29.9 Å². The molecule has 1 atom stereocenters. The van der Waals surface area contributed by atoms with E-state index in [-0.39, 0.29) is 12.6 Å². The van der Waals surface area contributed by atoms with Gasteiger partial charge in [0.25, 0.3) is 0 Å². The van der Waals surface area contributed by atoms with Gasteiger partial charge in [-0.3, -0.25) is 9.69 Å². The molecular formula is C17H27NO2. The van der Waals surface area contributed by atoms with E-state index in [2.05, 4.69) is 58.9 Å². The highest BCUT2D eigenvalue weighted by atomic mass is 16.4. The Labute approximate surface area is 122 Å². The Morgan fingerprint density at radius 1 is 1.05 bits per heavy atom. The molecule has 0 aliphatic rings. The topological polar surface area (TPSA) is 40.5 Å². The summed E-state index contributed by atoms with van der Waals surface area (Å²) in [5, 5.41) is 9.07. The van der Waals surface area contributed by atoms with Crippen LogP contribution in [0.5, 0.6) is 0 Å². The van der Waals surface area contributed by atoms with Crippen LogP contribution in [0.15, 0.2) is 24.3 Å². The van der Waals surface area contributed by atoms with Gasteiger partial charge >= 0.3 is 5.97 Å². The second-order valence-corrected chi connectivity index (χ2v) is 6.21. The monoisotopic (exact) mass is 277 g/mol. The molecule has 0 fully saturated rings. The van der Waals surface area contributed by atoms with E-state index < -0.39 is 5.97 Å². The molecule has 0 heterocycles. The van der Waals surface area contributed by atoms with Gasteiger partial charge in [-0.1, -0.05) is 52.0 Å². The third-order valence-corrected chi connectivity index (χ3v) is 3.57. The zero-order valence-electron chi connectivity index (χ0n) is 13.3. The highest BCUT2D eigenvalue weighted by Crippen LogP contribution is 2.23. The molecule has 112 valence electrons. The van der Waals surface area contributed by atoms with Gasteiger partial charge in [0.2, 0.25) is 0 Å². The van der Waals surface area contributed by atoms with Crippen molar-refractivity contribution in [2.24, 2.45) is 5.92 Å². The number of rotatable bonds is 7. The lowest BCUT2D eigenvalue weighted by molar-refractivity contribution is -0.139. The Bertz CT molecular complexity index is 423. The molecule has 0 aliphatic heterocycles. The van der Waals surface area contributed by atoms with Gasteiger partial charge in [0.05, 0.1) is 6.54 Å². The smallest absolute Gasteiger partial charge is 0.317 e. The molecule has 0 bridgehead atoms. The van der Waals surface area contributed by atoms with Crippen LogP contribution in [0.2, 0.25) is 0 Å². The number of hydrogen-bond acceptors (Lipinski definition) is 2. The molecule has 0 aromatic heterocycles. The van der Waals surface area contributed by atoms with Crippen LogP contribution in [0.1, 0.15) is 57.7 Å². The lowest BCUT2D eigenvalue weighted by atomic mass is 9.98. The molecule has 1 rings (SSSR count). The number of carboxylic acids is 1. The maximum Gasteiger partial charge on any atom is 0.317 e. The number of carbonyl (C=O) groups is 1. The molecule has 3 nitrogen and oxygen atoms in total. The maximum atomic E-state index is 11.0. The first-order chi connectivity index (χ1) is 9.31. The van der Waals surface area contributed by atoms with Crippen LogP contribution < -0.4 is 0 Å². The SMILES string of the molecule is CC(C)CN(CC(=O)O)C(C)c1ccc(C(C)C)cc1. The van der Waals surface area contributed by atoms with E-state index in [4.69, 9.17) is 5.11 Å². The molecule has 0 radical (unpaired) electrons. The summed E-state index contributed by atoms with van der Waals surface area (Å²) in [5.74, 6) is 0.202. The molecule has 0 aliphatic carbocycles. The largest absolute Gasteiger partial charge is 0.480 e. The Morgan fingerprint density at radius 3 is 1.95 bits per heavy atom. The van der Waals surface area contributed by atoms with E-state index in [1.54, 1.807) is 0 Å². The molecule has 1 aromatic rings. The zero-order chi connectivity index (χ0) is 15.3. The summed E-state index contributed by atoms with van der Waals surface area (Å²) in [6.45, 7) is 11.5. The van der Waals surface area contributed by atoms with Crippen molar-refractivity contribution in [3.63, 3.8) is 0 Å². The standard InChI is InChI=1S/C17H27NO2/c1-12(2)10-18(11-17(19)20)14(5)16-8-6-15(7-9-16)13(3)4/h6-9,12-14H,10-11H2,1-5H3,(H,19,20). The molecule has 0 saturated heterocycles. The second kappa shape index (κ2) is 7.44. The summed E-state index contributed by atoms with van der Waals surface area (Å²) in [5.41, 5.74) is 2.49. The van der Waals surface area contributed by atoms with Crippen LogP contribution in [0.3, 0.4) is 0 Å². The van der Waals surface area contributed by atoms with Crippen molar-refractivity contribution < 1.29 is 9.90 Å². The molecule has 0 amide bonds. The quantitative estimate of drug-likeness (QED) is 0.821. The Morgan fingerprint density at radius 2 is 1.55 bits per heavy atom. The fourth-order valence-electron chi connectivity index (χ4n) is 2.37. The van der Waals surface area contributed by atoms with Crippen molar-refractivity contribution in [1.82, 2.24) is 4.90 Å². The Hall–Kier alpha value is -1.35. The predicted molar refractivity (Wildman–Crippen MR) is 83.0 cm³/mol. The third-order valence-electron chi connectivity index (χ3n) is 3.57. The van der Waals surface area contributed by atoms with E-state index in [1.165, 1.54) is 11.1 Å². The van der Waals surface area contributed by atoms with Crippen LogP contribution in [0.4, 0.5) is 0 Å². The number of aliphatic carboxylic acids is 1. The molecule has 0 spiro atoms. The van der Waals surface area contributed by atoms with Gasteiger partial charge in [-0.15, -0.1) is 0 Å². The van der Waals surface area contributed by atoms with E-state index >= 15 is 0 Å². The third kappa shape index (κ3) is 4.97. The second-order valence-electron chi connectivity index (χ2n) is 6.21. The lowest BCUT2D eigenvalue weighted by Crippen LogP contribution is -2.35. The number of carboxylic acid groups (broad SMARTS) is 1. The summed E-state index contributed by atoms with van der Waals surface area (Å²) in [4.78, 5) is 13.1. The minimum atomic E-state index is -0.767. The molecule has 1 N–H and O–H groups in total. The van der Waals surface area contributed by atoms with Crippen LogP contribution in [0, 0.1) is 5.92 Å². The van der Waals surface area contributed by atoms with Gasteiger partial charge in [0, 0.05) is 12.6 Å². The fourth-order valence-corrected chi connectivity index (χ4v) is 2.37. The van der Waals surface area contributed by atoms with Crippen molar-refractivity contribution in [3.05, 3.63) is 35.4 Å². The summed E-state index contributed by atoms with van der Waals surface area (Å²) in [6.07, 6.45) is 0. The number of benzene rings is 1. The van der Waals surface area contributed by atoms with Crippen molar-refractivity contribution in [3.8, 4) is 0 Å². The van der Waals surface area contributed by atoms with E-state index in [1.807, 2.05) is 4.90 Å². The Balaban J connectivity index is 2.87.